The fourth-order valence-electron chi connectivity index (χ4n) is 1.23. The quantitative estimate of drug-likeness (QED) is 0.427. The highest BCUT2D eigenvalue weighted by Crippen LogP contribution is 2.13. The van der Waals surface area contributed by atoms with Crippen molar-refractivity contribution in [3.05, 3.63) is 0 Å². The van der Waals surface area contributed by atoms with E-state index in [9.17, 15) is 4.79 Å². The van der Waals surface area contributed by atoms with Gasteiger partial charge in [0, 0.05) is 6.04 Å². The molecule has 0 radical (unpaired) electrons. The number of rotatable bonds is 5. The van der Waals surface area contributed by atoms with Crippen molar-refractivity contribution in [2.45, 2.75) is 44.9 Å². The molecule has 0 aliphatic rings. The highest BCUT2D eigenvalue weighted by molar-refractivity contribution is 8.14. The van der Waals surface area contributed by atoms with Crippen LogP contribution in [0.4, 0.5) is 0 Å². The highest BCUT2D eigenvalue weighted by Gasteiger charge is 2.17. The summed E-state index contributed by atoms with van der Waals surface area (Å²) in [5, 5.41) is 9.87. The molecule has 0 bridgehead atoms. The third-order valence-electron chi connectivity index (χ3n) is 2.00. The van der Waals surface area contributed by atoms with E-state index in [0.29, 0.717) is 0 Å². The maximum absolute atomic E-state index is 11.7. The molecule has 0 aliphatic carbocycles. The molecule has 7 heteroatoms. The molecule has 2 atom stereocenters. The Labute approximate surface area is 106 Å². The molecule has 0 saturated carbocycles. The number of carbonyl (C=O) groups is 1. The van der Waals surface area contributed by atoms with Crippen LogP contribution in [0.1, 0.15) is 33.6 Å². The average molecular weight is 259 g/mol. The van der Waals surface area contributed by atoms with Gasteiger partial charge in [0.2, 0.25) is 5.91 Å². The lowest BCUT2D eigenvalue weighted by molar-refractivity contribution is -0.120. The Balaban J connectivity index is 4.14. The molecule has 0 spiro atoms. The molecule has 0 rings (SSSR count). The summed E-state index contributed by atoms with van der Waals surface area (Å²) in [7, 11) is 0. The van der Waals surface area contributed by atoms with Crippen LogP contribution in [0.25, 0.3) is 0 Å². The lowest BCUT2D eigenvalue weighted by atomic mass is 10.2. The van der Waals surface area contributed by atoms with Gasteiger partial charge in [-0.3, -0.25) is 10.2 Å². The molecule has 0 heterocycles. The van der Waals surface area contributed by atoms with Crippen LogP contribution < -0.4 is 16.8 Å². The number of nitrogens with two attached hydrogens (primary N) is 2. The van der Waals surface area contributed by atoms with Gasteiger partial charge in [-0.25, -0.2) is 0 Å². The van der Waals surface area contributed by atoms with Crippen LogP contribution in [0.2, 0.25) is 0 Å². The molecule has 98 valence electrons. The van der Waals surface area contributed by atoms with E-state index >= 15 is 0 Å². The Morgan fingerprint density at radius 1 is 1.47 bits per heavy atom. The molecular formula is C10H21N5OS. The molecule has 0 fully saturated rings. The first kappa shape index (κ1) is 15.8. The maximum atomic E-state index is 11.7. The van der Waals surface area contributed by atoms with Crippen molar-refractivity contribution >= 4 is 28.8 Å². The molecule has 0 aromatic rings. The summed E-state index contributed by atoms with van der Waals surface area (Å²) in [6.07, 6.45) is 1.96. The number of hydrogen-bond donors (Lipinski definition) is 4. The minimum Gasteiger partial charge on any atom is -0.370 e. The number of nitrogens with one attached hydrogen (secondary N) is 2. The van der Waals surface area contributed by atoms with Gasteiger partial charge in [-0.05, 0) is 20.3 Å². The van der Waals surface area contributed by atoms with E-state index < -0.39 is 0 Å². The normalized spacial score (nSPS) is 13.6. The van der Waals surface area contributed by atoms with Gasteiger partial charge in [0.05, 0.1) is 5.25 Å². The molecule has 17 heavy (non-hydrogen) atoms. The lowest BCUT2D eigenvalue weighted by Gasteiger charge is -2.16. The van der Waals surface area contributed by atoms with E-state index in [4.69, 9.17) is 16.9 Å². The number of amidine groups is 1. The summed E-state index contributed by atoms with van der Waals surface area (Å²) in [6.45, 7) is 5.74. The van der Waals surface area contributed by atoms with Crippen LogP contribution in [-0.2, 0) is 4.79 Å². The fraction of sp³-hybridized carbons (Fsp3) is 0.700. The molecule has 0 aromatic carbocycles. The highest BCUT2D eigenvalue weighted by atomic mass is 32.2. The summed E-state index contributed by atoms with van der Waals surface area (Å²) in [6, 6.07) is 0.146. The van der Waals surface area contributed by atoms with E-state index in [1.165, 1.54) is 0 Å². The van der Waals surface area contributed by atoms with Crippen molar-refractivity contribution < 1.29 is 4.79 Å². The summed E-state index contributed by atoms with van der Waals surface area (Å²) in [5.41, 5.74) is 10.3. The molecule has 0 saturated heterocycles. The van der Waals surface area contributed by atoms with Crippen molar-refractivity contribution in [3.8, 4) is 0 Å². The van der Waals surface area contributed by atoms with E-state index in [1.54, 1.807) is 6.92 Å². The smallest absolute Gasteiger partial charge is 0.233 e. The van der Waals surface area contributed by atoms with Crippen LogP contribution in [0, 0.1) is 5.41 Å². The zero-order valence-corrected chi connectivity index (χ0v) is 11.3. The largest absolute Gasteiger partial charge is 0.370 e. The fourth-order valence-corrected chi connectivity index (χ4v) is 1.90. The third kappa shape index (κ3) is 7.62. The third-order valence-corrected chi connectivity index (χ3v) is 2.88. The van der Waals surface area contributed by atoms with Gasteiger partial charge in [0.15, 0.2) is 11.1 Å². The van der Waals surface area contributed by atoms with E-state index in [1.807, 2.05) is 6.92 Å². The van der Waals surface area contributed by atoms with E-state index in [0.717, 1.165) is 24.6 Å². The van der Waals surface area contributed by atoms with Crippen molar-refractivity contribution in [3.63, 3.8) is 0 Å². The lowest BCUT2D eigenvalue weighted by Crippen LogP contribution is -2.38. The monoisotopic (exact) mass is 259 g/mol. The maximum Gasteiger partial charge on any atom is 0.233 e. The Kier molecular flexibility index (Phi) is 7.36. The molecule has 6 nitrogen and oxygen atoms in total. The predicted octanol–water partition coefficient (Wildman–Crippen LogP) is 0.621. The average Bonchev–Trinajstić information content (AvgIpc) is 2.15. The number of hydrogen-bond acceptors (Lipinski definition) is 3. The van der Waals surface area contributed by atoms with Crippen molar-refractivity contribution in [2.75, 3.05) is 0 Å². The zero-order chi connectivity index (χ0) is 13.4. The number of amides is 1. The number of nitrogens with zero attached hydrogens (tertiary/aromatic N) is 1. The second kappa shape index (κ2) is 7.94. The standard InChI is InChI=1S/C10H21N5OS/c1-4-5-6(2)14-8(16)7(3)17-10(13)15-9(11)12/h6-7H,4-5H2,1-3H3,(H,14,16)(H5,11,12,13,15). The second-order valence-electron chi connectivity index (χ2n) is 3.80. The van der Waals surface area contributed by atoms with Crippen LogP contribution in [0.15, 0.2) is 4.99 Å². The Bertz CT molecular complexity index is 301. The van der Waals surface area contributed by atoms with Gasteiger partial charge in [0.1, 0.15) is 0 Å². The molecule has 1 amide bonds. The minimum absolute atomic E-state index is 0.0594. The van der Waals surface area contributed by atoms with Crippen LogP contribution in [0.5, 0.6) is 0 Å². The first-order chi connectivity index (χ1) is 7.86. The van der Waals surface area contributed by atoms with Crippen LogP contribution >= 0.6 is 11.8 Å². The van der Waals surface area contributed by atoms with Gasteiger partial charge in [-0.15, -0.1) is 0 Å². The van der Waals surface area contributed by atoms with Crippen LogP contribution in [-0.4, -0.2) is 28.3 Å². The summed E-state index contributed by atoms with van der Waals surface area (Å²) in [5.74, 6) is -0.277. The minimum atomic E-state index is -0.384. The van der Waals surface area contributed by atoms with Gasteiger partial charge < -0.3 is 16.8 Å². The summed E-state index contributed by atoms with van der Waals surface area (Å²) in [4.78, 5) is 15.3. The van der Waals surface area contributed by atoms with Gasteiger partial charge in [-0.2, -0.15) is 4.99 Å². The second-order valence-corrected chi connectivity index (χ2v) is 5.13. The number of aliphatic imine (C=N–C) groups is 1. The predicted molar refractivity (Wildman–Crippen MR) is 73.1 cm³/mol. The first-order valence-electron chi connectivity index (χ1n) is 5.52. The molecule has 2 unspecified atom stereocenters. The zero-order valence-electron chi connectivity index (χ0n) is 10.5. The van der Waals surface area contributed by atoms with Crippen LogP contribution in [0.3, 0.4) is 0 Å². The number of guanidine groups is 1. The topological polar surface area (TPSA) is 117 Å². The van der Waals surface area contributed by atoms with Crippen molar-refractivity contribution in [1.29, 1.82) is 5.41 Å². The summed E-state index contributed by atoms with van der Waals surface area (Å²) >= 11 is 1.02. The molecular weight excluding hydrogens is 238 g/mol. The van der Waals surface area contributed by atoms with E-state index in [2.05, 4.69) is 17.2 Å². The van der Waals surface area contributed by atoms with Crippen molar-refractivity contribution in [2.24, 2.45) is 16.5 Å². The SMILES string of the molecule is CCCC(C)NC(=O)C(C)SC(=N)N=C(N)N. The van der Waals surface area contributed by atoms with Gasteiger partial charge in [-0.1, -0.05) is 25.1 Å². The van der Waals surface area contributed by atoms with Gasteiger partial charge >= 0.3 is 0 Å². The number of carbonyl (C=O) groups excluding carboxylic acids is 1. The Morgan fingerprint density at radius 2 is 2.06 bits per heavy atom. The van der Waals surface area contributed by atoms with Crippen molar-refractivity contribution in [1.82, 2.24) is 5.32 Å². The molecule has 6 N–H and O–H groups in total. The van der Waals surface area contributed by atoms with E-state index in [-0.39, 0.29) is 28.3 Å². The van der Waals surface area contributed by atoms with Gasteiger partial charge in [0.25, 0.3) is 0 Å². The number of thioether (sulfide) groups is 1. The Morgan fingerprint density at radius 3 is 2.53 bits per heavy atom. The Hall–Kier alpha value is -1.24. The molecule has 0 aromatic heterocycles. The summed E-state index contributed by atoms with van der Waals surface area (Å²) < 4.78 is 0. The first-order valence-corrected chi connectivity index (χ1v) is 6.40. The molecule has 0 aliphatic heterocycles.